The lowest BCUT2D eigenvalue weighted by Crippen LogP contribution is -2.37. The summed E-state index contributed by atoms with van der Waals surface area (Å²) in [4.78, 5) is 29.9. The van der Waals surface area contributed by atoms with Gasteiger partial charge in [-0.05, 0) is 67.6 Å². The molecule has 0 bridgehead atoms. The van der Waals surface area contributed by atoms with Crippen molar-refractivity contribution in [1.82, 2.24) is 10.3 Å². The lowest BCUT2D eigenvalue weighted by Gasteiger charge is -2.22. The van der Waals surface area contributed by atoms with Crippen LogP contribution in [0.5, 0.6) is 5.75 Å². The number of pyridine rings is 1. The first-order chi connectivity index (χ1) is 18.3. The van der Waals surface area contributed by atoms with E-state index < -0.39 is 17.6 Å². The van der Waals surface area contributed by atoms with Gasteiger partial charge in [0.2, 0.25) is 5.91 Å². The molecule has 7 heteroatoms. The van der Waals surface area contributed by atoms with E-state index in [4.69, 9.17) is 9.47 Å². The number of carbonyl (C=O) groups is 2. The maximum Gasteiger partial charge on any atom is 0.407 e. The Morgan fingerprint density at radius 1 is 0.921 bits per heavy atom. The van der Waals surface area contributed by atoms with E-state index in [1.165, 1.54) is 5.56 Å². The molecule has 4 aromatic rings. The van der Waals surface area contributed by atoms with Gasteiger partial charge in [-0.1, -0.05) is 48.5 Å². The van der Waals surface area contributed by atoms with Gasteiger partial charge in [-0.2, -0.15) is 0 Å². The van der Waals surface area contributed by atoms with Gasteiger partial charge in [-0.3, -0.25) is 9.78 Å². The summed E-state index contributed by atoms with van der Waals surface area (Å²) < 4.78 is 11.3. The van der Waals surface area contributed by atoms with Crippen molar-refractivity contribution < 1.29 is 19.1 Å². The Bertz CT molecular complexity index is 1370. The molecule has 1 aromatic heterocycles. The maximum atomic E-state index is 13.4. The molecular formula is C31H33N3O4. The predicted molar refractivity (Wildman–Crippen MR) is 149 cm³/mol. The first kappa shape index (κ1) is 26.7. The highest BCUT2D eigenvalue weighted by Gasteiger charge is 2.24. The first-order valence-electron chi connectivity index (χ1n) is 12.6. The van der Waals surface area contributed by atoms with Crippen LogP contribution in [-0.2, 0) is 16.0 Å². The van der Waals surface area contributed by atoms with Crippen LogP contribution >= 0.6 is 0 Å². The molecule has 0 spiro atoms. The van der Waals surface area contributed by atoms with Crippen molar-refractivity contribution in [3.63, 3.8) is 0 Å². The first-order valence-corrected chi connectivity index (χ1v) is 12.6. The van der Waals surface area contributed by atoms with Gasteiger partial charge in [0, 0.05) is 36.4 Å². The Hall–Kier alpha value is -4.39. The molecule has 2 N–H and O–H groups in total. The fourth-order valence-electron chi connectivity index (χ4n) is 3.98. The molecule has 0 aliphatic rings. The van der Waals surface area contributed by atoms with Gasteiger partial charge < -0.3 is 20.1 Å². The largest absolute Gasteiger partial charge is 0.493 e. The highest BCUT2D eigenvalue weighted by atomic mass is 16.6. The Kier molecular flexibility index (Phi) is 8.58. The normalized spacial score (nSPS) is 12.0. The third-order valence-corrected chi connectivity index (χ3v) is 5.86. The van der Waals surface area contributed by atoms with Gasteiger partial charge in [-0.15, -0.1) is 0 Å². The van der Waals surface area contributed by atoms with Crippen molar-refractivity contribution >= 4 is 28.5 Å². The number of nitrogens with one attached hydrogen (secondary N) is 2. The quantitative estimate of drug-likeness (QED) is 0.283. The number of rotatable bonds is 9. The molecule has 0 radical (unpaired) electrons. The summed E-state index contributed by atoms with van der Waals surface area (Å²) >= 11 is 0. The van der Waals surface area contributed by atoms with Crippen LogP contribution in [0.4, 0.5) is 10.5 Å². The van der Waals surface area contributed by atoms with Crippen molar-refractivity contribution in [1.29, 1.82) is 0 Å². The van der Waals surface area contributed by atoms with E-state index in [1.807, 2.05) is 66.7 Å². The zero-order valence-corrected chi connectivity index (χ0v) is 21.9. The van der Waals surface area contributed by atoms with E-state index >= 15 is 0 Å². The topological polar surface area (TPSA) is 89.5 Å². The smallest absolute Gasteiger partial charge is 0.407 e. The summed E-state index contributed by atoms with van der Waals surface area (Å²) in [6, 6.07) is 25.1. The molecular weight excluding hydrogens is 478 g/mol. The molecule has 196 valence electrons. The van der Waals surface area contributed by atoms with Gasteiger partial charge in [0.1, 0.15) is 11.4 Å². The molecule has 38 heavy (non-hydrogen) atoms. The molecule has 0 saturated carbocycles. The van der Waals surface area contributed by atoms with Crippen LogP contribution in [0.1, 0.15) is 37.8 Å². The summed E-state index contributed by atoms with van der Waals surface area (Å²) in [7, 11) is 0. The monoisotopic (exact) mass is 511 g/mol. The van der Waals surface area contributed by atoms with E-state index in [0.29, 0.717) is 18.0 Å². The van der Waals surface area contributed by atoms with E-state index in [9.17, 15) is 9.59 Å². The molecule has 3 aromatic carbocycles. The van der Waals surface area contributed by atoms with Crippen molar-refractivity contribution in [2.75, 3.05) is 18.5 Å². The van der Waals surface area contributed by atoms with Crippen LogP contribution in [0.2, 0.25) is 0 Å². The highest BCUT2D eigenvalue weighted by Crippen LogP contribution is 2.24. The van der Waals surface area contributed by atoms with Crippen LogP contribution in [-0.4, -0.2) is 35.7 Å². The summed E-state index contributed by atoms with van der Waals surface area (Å²) in [5, 5.41) is 7.68. The molecule has 1 unspecified atom stereocenters. The van der Waals surface area contributed by atoms with Gasteiger partial charge in [0.15, 0.2) is 0 Å². The number of anilines is 1. The lowest BCUT2D eigenvalue weighted by molar-refractivity contribution is -0.117. The fourth-order valence-corrected chi connectivity index (χ4v) is 3.98. The Morgan fingerprint density at radius 2 is 1.68 bits per heavy atom. The molecule has 0 fully saturated rings. The molecule has 0 aliphatic carbocycles. The molecule has 7 nitrogen and oxygen atoms in total. The zero-order valence-electron chi connectivity index (χ0n) is 21.9. The van der Waals surface area contributed by atoms with Crippen LogP contribution in [0.25, 0.3) is 10.8 Å². The molecule has 2 amide bonds. The number of hydrogen-bond acceptors (Lipinski definition) is 5. The number of carbonyl (C=O) groups excluding carboxylic acids is 2. The summed E-state index contributed by atoms with van der Waals surface area (Å²) in [6.45, 7) is 6.00. The fraction of sp³-hybridized carbons (Fsp3) is 0.258. The number of ether oxygens (including phenoxy) is 2. The van der Waals surface area contributed by atoms with Crippen LogP contribution in [0, 0.1) is 0 Å². The lowest BCUT2D eigenvalue weighted by atomic mass is 9.97. The standard InChI is InChI=1S/C31H33N3O4/c1-31(2,3)38-30(36)33-21-28(29(35)34-26-12-9-25-20-32-17-15-24(25)19-26)23-10-13-27(14-11-23)37-18-16-22-7-5-4-6-8-22/h4-15,17,19-20,28H,16,18,21H2,1-3H3,(H,33,36)(H,34,35). The SMILES string of the molecule is CC(C)(C)OC(=O)NCC(C(=O)Nc1ccc2cnccc2c1)c1ccc(OCCc2ccccc2)cc1. The highest BCUT2D eigenvalue weighted by molar-refractivity contribution is 5.98. The van der Waals surface area contributed by atoms with Crippen LogP contribution < -0.4 is 15.4 Å². The van der Waals surface area contributed by atoms with E-state index in [-0.39, 0.29) is 12.5 Å². The second kappa shape index (κ2) is 12.2. The maximum absolute atomic E-state index is 13.4. The van der Waals surface area contributed by atoms with Crippen molar-refractivity contribution in [3.8, 4) is 5.75 Å². The average Bonchev–Trinajstić information content (AvgIpc) is 2.89. The minimum atomic E-state index is -0.644. The van der Waals surface area contributed by atoms with Gasteiger partial charge >= 0.3 is 6.09 Å². The Balaban J connectivity index is 1.45. The number of fused-ring (bicyclic) bond motifs is 1. The average molecular weight is 512 g/mol. The van der Waals surface area contributed by atoms with Gasteiger partial charge in [0.25, 0.3) is 0 Å². The molecule has 4 rings (SSSR count). The number of hydrogen-bond donors (Lipinski definition) is 2. The summed E-state index contributed by atoms with van der Waals surface area (Å²) in [5.74, 6) is -0.173. The Labute approximate surface area is 223 Å². The number of amides is 2. The van der Waals surface area contributed by atoms with E-state index in [1.54, 1.807) is 33.2 Å². The summed E-state index contributed by atoms with van der Waals surface area (Å²) in [6.07, 6.45) is 3.72. The summed E-state index contributed by atoms with van der Waals surface area (Å²) in [5.41, 5.74) is 1.98. The second-order valence-corrected chi connectivity index (χ2v) is 10.0. The molecule has 0 saturated heterocycles. The van der Waals surface area contributed by atoms with E-state index in [0.717, 1.165) is 22.8 Å². The number of benzene rings is 3. The van der Waals surface area contributed by atoms with Crippen LogP contribution in [0.15, 0.2) is 91.3 Å². The van der Waals surface area contributed by atoms with E-state index in [2.05, 4.69) is 27.8 Å². The molecule has 0 aliphatic heterocycles. The number of nitrogens with zero attached hydrogens (tertiary/aromatic N) is 1. The third kappa shape index (κ3) is 7.80. The van der Waals surface area contributed by atoms with Gasteiger partial charge in [-0.25, -0.2) is 4.79 Å². The van der Waals surface area contributed by atoms with Gasteiger partial charge in [0.05, 0.1) is 12.5 Å². The van der Waals surface area contributed by atoms with Crippen molar-refractivity contribution in [2.45, 2.75) is 38.7 Å². The Morgan fingerprint density at radius 3 is 2.42 bits per heavy atom. The molecule has 1 heterocycles. The van der Waals surface area contributed by atoms with Crippen molar-refractivity contribution in [3.05, 3.63) is 102 Å². The number of alkyl carbamates (subject to hydrolysis) is 1. The minimum Gasteiger partial charge on any atom is -0.493 e. The number of aromatic nitrogens is 1. The molecule has 1 atom stereocenters. The zero-order chi connectivity index (χ0) is 27.0. The third-order valence-electron chi connectivity index (χ3n) is 5.86. The van der Waals surface area contributed by atoms with Crippen LogP contribution in [0.3, 0.4) is 0 Å². The predicted octanol–water partition coefficient (Wildman–Crippen LogP) is 6.10. The minimum absolute atomic E-state index is 0.0759. The van der Waals surface area contributed by atoms with Crippen molar-refractivity contribution in [2.24, 2.45) is 0 Å². The second-order valence-electron chi connectivity index (χ2n) is 10.0.